The Kier molecular flexibility index (Phi) is 3.79. The second kappa shape index (κ2) is 5.14. The summed E-state index contributed by atoms with van der Waals surface area (Å²) >= 11 is 0. The van der Waals surface area contributed by atoms with Crippen LogP contribution < -0.4 is 0 Å². The van der Waals surface area contributed by atoms with Gasteiger partial charge in [0.15, 0.2) is 0 Å². The van der Waals surface area contributed by atoms with E-state index in [1.807, 2.05) is 6.92 Å². The molecule has 17 heavy (non-hydrogen) atoms. The fourth-order valence-corrected chi connectivity index (χ4v) is 2.14. The van der Waals surface area contributed by atoms with Crippen LogP contribution in [0.5, 0.6) is 0 Å². The van der Waals surface area contributed by atoms with Crippen LogP contribution in [0.2, 0.25) is 0 Å². The molecule has 1 aliphatic carbocycles. The molecule has 0 aromatic carbocycles. The third-order valence-corrected chi connectivity index (χ3v) is 3.36. The zero-order valence-corrected chi connectivity index (χ0v) is 10.6. The Bertz CT molecular complexity index is 336. The molecule has 1 N–H and O–H groups in total. The van der Waals surface area contributed by atoms with E-state index in [2.05, 4.69) is 10.1 Å². The third kappa shape index (κ3) is 2.66. The van der Waals surface area contributed by atoms with Crippen molar-refractivity contribution in [1.29, 1.82) is 0 Å². The molecule has 0 radical (unpaired) electrons. The van der Waals surface area contributed by atoms with Crippen LogP contribution in [0.4, 0.5) is 0 Å². The molecule has 5 nitrogen and oxygen atoms in total. The minimum Gasteiger partial charge on any atom is -0.393 e. The summed E-state index contributed by atoms with van der Waals surface area (Å²) in [5, 5.41) is 13.6. The lowest BCUT2D eigenvalue weighted by atomic mass is 10.0. The molecule has 3 unspecified atom stereocenters. The zero-order chi connectivity index (χ0) is 12.4. The van der Waals surface area contributed by atoms with Crippen molar-refractivity contribution in [1.82, 2.24) is 10.1 Å². The number of aliphatic hydroxyl groups excluding tert-OH is 1. The molecule has 2 rings (SSSR count). The zero-order valence-electron chi connectivity index (χ0n) is 10.6. The number of aliphatic hydroxyl groups is 1. The highest BCUT2D eigenvalue weighted by Gasteiger charge is 2.36. The summed E-state index contributed by atoms with van der Waals surface area (Å²) in [5.74, 6) is 1.56. The predicted molar refractivity (Wildman–Crippen MR) is 61.5 cm³/mol. The van der Waals surface area contributed by atoms with Crippen LogP contribution in [0.3, 0.4) is 0 Å². The van der Waals surface area contributed by atoms with E-state index in [-0.39, 0.29) is 12.0 Å². The summed E-state index contributed by atoms with van der Waals surface area (Å²) < 4.78 is 10.6. The molecule has 0 aliphatic heterocycles. The number of aromatic nitrogens is 2. The van der Waals surface area contributed by atoms with Crippen LogP contribution in [0.25, 0.3) is 0 Å². The Morgan fingerprint density at radius 3 is 2.71 bits per heavy atom. The van der Waals surface area contributed by atoms with Gasteiger partial charge in [-0.2, -0.15) is 4.98 Å². The first-order chi connectivity index (χ1) is 8.17. The molecule has 1 aromatic heterocycles. The molecule has 0 bridgehead atoms. The maximum atomic E-state index is 9.63. The van der Waals surface area contributed by atoms with Gasteiger partial charge in [0.2, 0.25) is 11.7 Å². The van der Waals surface area contributed by atoms with Gasteiger partial charge in [-0.25, -0.2) is 0 Å². The Hall–Kier alpha value is -0.940. The monoisotopic (exact) mass is 240 g/mol. The smallest absolute Gasteiger partial charge is 0.232 e. The molecule has 5 heteroatoms. The van der Waals surface area contributed by atoms with Crippen LogP contribution >= 0.6 is 0 Å². The minimum atomic E-state index is -0.477. The number of ether oxygens (including phenoxy) is 1. The van der Waals surface area contributed by atoms with E-state index < -0.39 is 6.10 Å². The first-order valence-corrected chi connectivity index (χ1v) is 6.21. The molecule has 1 aliphatic rings. The van der Waals surface area contributed by atoms with Crippen molar-refractivity contribution in [3.63, 3.8) is 0 Å². The number of nitrogens with zero attached hydrogens (tertiary/aromatic N) is 2. The SMILES string of the molecule is CCC(c1nc(C(OC)C2CC2)no1)C(C)O. The number of methoxy groups -OCH3 is 1. The van der Waals surface area contributed by atoms with Crippen molar-refractivity contribution in [2.75, 3.05) is 7.11 Å². The predicted octanol–water partition coefficient (Wildman–Crippen LogP) is 2.04. The second-order valence-electron chi connectivity index (χ2n) is 4.74. The van der Waals surface area contributed by atoms with Crippen molar-refractivity contribution in [2.24, 2.45) is 5.92 Å². The van der Waals surface area contributed by atoms with Crippen molar-refractivity contribution in [3.8, 4) is 0 Å². The lowest BCUT2D eigenvalue weighted by Crippen LogP contribution is -2.14. The van der Waals surface area contributed by atoms with E-state index in [0.29, 0.717) is 17.6 Å². The average Bonchev–Trinajstić information content (AvgIpc) is 3.01. The lowest BCUT2D eigenvalue weighted by Gasteiger charge is -2.12. The van der Waals surface area contributed by atoms with Gasteiger partial charge in [0.25, 0.3) is 0 Å². The van der Waals surface area contributed by atoms with E-state index in [4.69, 9.17) is 9.26 Å². The van der Waals surface area contributed by atoms with Gasteiger partial charge in [0.1, 0.15) is 6.10 Å². The lowest BCUT2D eigenvalue weighted by molar-refractivity contribution is 0.0751. The Morgan fingerprint density at radius 1 is 1.53 bits per heavy atom. The Morgan fingerprint density at radius 2 is 2.24 bits per heavy atom. The van der Waals surface area contributed by atoms with Crippen LogP contribution in [0.1, 0.15) is 56.8 Å². The topological polar surface area (TPSA) is 68.4 Å². The van der Waals surface area contributed by atoms with Gasteiger partial charge in [0, 0.05) is 7.11 Å². The minimum absolute atomic E-state index is 0.0565. The second-order valence-corrected chi connectivity index (χ2v) is 4.74. The van der Waals surface area contributed by atoms with Gasteiger partial charge < -0.3 is 14.4 Å². The van der Waals surface area contributed by atoms with E-state index >= 15 is 0 Å². The van der Waals surface area contributed by atoms with Crippen molar-refractivity contribution >= 4 is 0 Å². The molecule has 0 spiro atoms. The van der Waals surface area contributed by atoms with Gasteiger partial charge in [-0.3, -0.25) is 0 Å². The maximum absolute atomic E-state index is 9.63. The van der Waals surface area contributed by atoms with Crippen molar-refractivity contribution in [2.45, 2.75) is 51.2 Å². The summed E-state index contributed by atoms with van der Waals surface area (Å²) in [5.41, 5.74) is 0. The Labute approximate surface area is 101 Å². The van der Waals surface area contributed by atoms with Gasteiger partial charge in [-0.15, -0.1) is 0 Å². The molecule has 96 valence electrons. The molecule has 1 saturated carbocycles. The molecule has 0 amide bonds. The standard InChI is InChI=1S/C12H20N2O3/c1-4-9(7(2)15)12-13-11(14-17-12)10(16-3)8-5-6-8/h7-10,15H,4-6H2,1-3H3. The Balaban J connectivity index is 2.13. The summed E-state index contributed by atoms with van der Waals surface area (Å²) in [6.45, 7) is 3.74. The molecular weight excluding hydrogens is 220 g/mol. The van der Waals surface area contributed by atoms with Crippen molar-refractivity contribution in [3.05, 3.63) is 11.7 Å². The van der Waals surface area contributed by atoms with Gasteiger partial charge >= 0.3 is 0 Å². The van der Waals surface area contributed by atoms with E-state index in [0.717, 1.165) is 19.3 Å². The van der Waals surface area contributed by atoms with E-state index in [1.54, 1.807) is 14.0 Å². The largest absolute Gasteiger partial charge is 0.393 e. The summed E-state index contributed by atoms with van der Waals surface area (Å²) in [4.78, 5) is 4.37. The van der Waals surface area contributed by atoms with Crippen LogP contribution in [0, 0.1) is 5.92 Å². The average molecular weight is 240 g/mol. The van der Waals surface area contributed by atoms with Crippen LogP contribution in [-0.4, -0.2) is 28.5 Å². The fourth-order valence-electron chi connectivity index (χ4n) is 2.14. The summed E-state index contributed by atoms with van der Waals surface area (Å²) in [6.07, 6.45) is 2.57. The van der Waals surface area contributed by atoms with Crippen molar-refractivity contribution < 1.29 is 14.4 Å². The van der Waals surface area contributed by atoms with E-state index in [1.165, 1.54) is 0 Å². The van der Waals surface area contributed by atoms with Gasteiger partial charge in [-0.1, -0.05) is 12.1 Å². The highest BCUT2D eigenvalue weighted by molar-refractivity contribution is 5.01. The molecule has 0 saturated heterocycles. The third-order valence-electron chi connectivity index (χ3n) is 3.36. The fraction of sp³-hybridized carbons (Fsp3) is 0.833. The number of hydrogen-bond acceptors (Lipinski definition) is 5. The summed E-state index contributed by atoms with van der Waals surface area (Å²) in [7, 11) is 1.67. The number of rotatable bonds is 6. The van der Waals surface area contributed by atoms with Crippen LogP contribution in [-0.2, 0) is 4.74 Å². The molecule has 3 atom stereocenters. The molecule has 1 heterocycles. The first kappa shape index (κ1) is 12.5. The molecule has 1 fully saturated rings. The number of hydrogen-bond donors (Lipinski definition) is 1. The molecular formula is C12H20N2O3. The normalized spacial score (nSPS) is 21.2. The van der Waals surface area contributed by atoms with Gasteiger partial charge in [-0.05, 0) is 32.1 Å². The quantitative estimate of drug-likeness (QED) is 0.824. The van der Waals surface area contributed by atoms with Crippen LogP contribution in [0.15, 0.2) is 4.52 Å². The highest BCUT2D eigenvalue weighted by atomic mass is 16.5. The first-order valence-electron chi connectivity index (χ1n) is 6.21. The maximum Gasteiger partial charge on any atom is 0.232 e. The molecule has 1 aromatic rings. The highest BCUT2D eigenvalue weighted by Crippen LogP contribution is 2.42. The van der Waals surface area contributed by atoms with E-state index in [9.17, 15) is 5.11 Å². The van der Waals surface area contributed by atoms with Gasteiger partial charge in [0.05, 0.1) is 12.0 Å². The summed E-state index contributed by atoms with van der Waals surface area (Å²) in [6, 6.07) is 0.